The first-order chi connectivity index (χ1) is 5.89. The molecular formula is C7H9N5. The second-order valence-electron chi connectivity index (χ2n) is 1.99. The van der Waals surface area contributed by atoms with Gasteiger partial charge in [-0.2, -0.15) is 0 Å². The van der Waals surface area contributed by atoms with Crippen LogP contribution in [0.2, 0.25) is 0 Å². The number of aromatic nitrogens is 5. The summed E-state index contributed by atoms with van der Waals surface area (Å²) in [7, 11) is 0. The normalized spacial score (nSPS) is 8.42. The smallest absolute Gasteiger partial charge is 0.102 e. The zero-order chi connectivity index (χ0) is 8.65. The Bertz CT molecular complexity index is 251. The second-order valence-corrected chi connectivity index (χ2v) is 1.99. The molecule has 2 aromatic rings. The summed E-state index contributed by atoms with van der Waals surface area (Å²) >= 11 is 0. The van der Waals surface area contributed by atoms with Crippen LogP contribution in [-0.2, 0) is 0 Å². The zero-order valence-corrected chi connectivity index (χ0v) is 6.68. The fourth-order valence-electron chi connectivity index (χ4n) is 0.549. The van der Waals surface area contributed by atoms with Gasteiger partial charge in [0.1, 0.15) is 5.82 Å². The van der Waals surface area contributed by atoms with Crippen molar-refractivity contribution in [1.82, 2.24) is 25.4 Å². The maximum atomic E-state index is 3.86. The topological polar surface area (TPSA) is 67.3 Å². The van der Waals surface area contributed by atoms with Gasteiger partial charge >= 0.3 is 0 Å². The molecular weight excluding hydrogens is 154 g/mol. The molecule has 0 aliphatic heterocycles. The standard InChI is InChI=1S/C4H6N2.C3H3N3/c1-4-5-2-3-6-4;1-2-4-6-5-3-1/h2-3H,1H3,(H,5,6);1-3H. The Balaban J connectivity index is 0.000000120. The van der Waals surface area contributed by atoms with E-state index in [0.717, 1.165) is 5.82 Å². The third-order valence-electron chi connectivity index (χ3n) is 1.04. The van der Waals surface area contributed by atoms with Gasteiger partial charge in [-0.25, -0.2) is 4.98 Å². The zero-order valence-electron chi connectivity index (χ0n) is 6.68. The van der Waals surface area contributed by atoms with Crippen LogP contribution >= 0.6 is 0 Å². The minimum atomic E-state index is 0.968. The number of H-pyrrole nitrogens is 1. The molecule has 0 atom stereocenters. The van der Waals surface area contributed by atoms with Crippen LogP contribution in [0.25, 0.3) is 0 Å². The number of hydrogen-bond acceptors (Lipinski definition) is 4. The summed E-state index contributed by atoms with van der Waals surface area (Å²) in [4.78, 5) is 6.75. The first kappa shape index (κ1) is 8.32. The van der Waals surface area contributed by atoms with Crippen molar-refractivity contribution in [3.63, 3.8) is 0 Å². The SMILES string of the molecule is Cc1ncc[nH]1.c1cnnnc1. The molecule has 0 radical (unpaired) electrons. The van der Waals surface area contributed by atoms with Crippen LogP contribution in [0.3, 0.4) is 0 Å². The predicted octanol–water partition coefficient (Wildman–Crippen LogP) is 0.590. The maximum absolute atomic E-state index is 3.86. The van der Waals surface area contributed by atoms with Crippen molar-refractivity contribution in [3.05, 3.63) is 36.7 Å². The molecule has 0 amide bonds. The molecule has 2 aromatic heterocycles. The Labute approximate surface area is 69.9 Å². The molecule has 2 heterocycles. The van der Waals surface area contributed by atoms with Crippen LogP contribution in [0.1, 0.15) is 5.82 Å². The molecule has 0 unspecified atom stereocenters. The highest BCUT2D eigenvalue weighted by atomic mass is 15.3. The van der Waals surface area contributed by atoms with Crippen LogP contribution in [0.4, 0.5) is 0 Å². The van der Waals surface area contributed by atoms with E-state index in [9.17, 15) is 0 Å². The number of nitrogens with zero attached hydrogens (tertiary/aromatic N) is 4. The minimum Gasteiger partial charge on any atom is -0.349 e. The van der Waals surface area contributed by atoms with Crippen LogP contribution < -0.4 is 0 Å². The Morgan fingerprint density at radius 1 is 1.17 bits per heavy atom. The Morgan fingerprint density at radius 3 is 2.08 bits per heavy atom. The van der Waals surface area contributed by atoms with Crippen molar-refractivity contribution in [2.24, 2.45) is 0 Å². The highest BCUT2D eigenvalue weighted by Crippen LogP contribution is 1.78. The van der Waals surface area contributed by atoms with Crippen molar-refractivity contribution >= 4 is 0 Å². The number of imidazole rings is 1. The van der Waals surface area contributed by atoms with Gasteiger partial charge in [-0.05, 0) is 18.2 Å². The molecule has 0 saturated carbocycles. The summed E-state index contributed by atoms with van der Waals surface area (Å²) in [6.07, 6.45) is 6.69. The lowest BCUT2D eigenvalue weighted by molar-refractivity contribution is 0.865. The van der Waals surface area contributed by atoms with Gasteiger partial charge in [0.05, 0.1) is 12.4 Å². The molecule has 0 fully saturated rings. The van der Waals surface area contributed by atoms with E-state index in [0.29, 0.717) is 0 Å². The van der Waals surface area contributed by atoms with E-state index in [1.807, 2.05) is 6.92 Å². The maximum Gasteiger partial charge on any atom is 0.102 e. The van der Waals surface area contributed by atoms with E-state index < -0.39 is 0 Å². The second kappa shape index (κ2) is 4.95. The van der Waals surface area contributed by atoms with E-state index in [1.54, 1.807) is 30.9 Å². The number of aromatic amines is 1. The van der Waals surface area contributed by atoms with Crippen molar-refractivity contribution in [1.29, 1.82) is 0 Å². The summed E-state index contributed by atoms with van der Waals surface area (Å²) in [5.74, 6) is 0.968. The lowest BCUT2D eigenvalue weighted by atomic mass is 10.7. The van der Waals surface area contributed by atoms with Crippen molar-refractivity contribution in [2.45, 2.75) is 6.92 Å². The Kier molecular flexibility index (Phi) is 3.43. The van der Waals surface area contributed by atoms with E-state index in [1.165, 1.54) is 0 Å². The molecule has 5 heteroatoms. The van der Waals surface area contributed by atoms with E-state index in [2.05, 4.69) is 25.4 Å². The molecule has 0 bridgehead atoms. The van der Waals surface area contributed by atoms with Gasteiger partial charge in [-0.1, -0.05) is 0 Å². The summed E-state index contributed by atoms with van der Waals surface area (Å²) in [6, 6.07) is 1.72. The molecule has 1 N–H and O–H groups in total. The summed E-state index contributed by atoms with van der Waals surface area (Å²) in [5.41, 5.74) is 0. The number of nitrogens with one attached hydrogen (secondary N) is 1. The lowest BCUT2D eigenvalue weighted by Gasteiger charge is -1.68. The third-order valence-corrected chi connectivity index (χ3v) is 1.04. The predicted molar refractivity (Wildman–Crippen MR) is 43.2 cm³/mol. The number of hydrogen-bond donors (Lipinski definition) is 1. The quantitative estimate of drug-likeness (QED) is 0.617. The fraction of sp³-hybridized carbons (Fsp3) is 0.143. The average Bonchev–Trinajstić information content (AvgIpc) is 2.60. The molecule has 2 rings (SSSR count). The van der Waals surface area contributed by atoms with Gasteiger partial charge < -0.3 is 4.98 Å². The largest absolute Gasteiger partial charge is 0.349 e. The fourth-order valence-corrected chi connectivity index (χ4v) is 0.549. The van der Waals surface area contributed by atoms with Crippen molar-refractivity contribution < 1.29 is 0 Å². The molecule has 62 valence electrons. The first-order valence-electron chi connectivity index (χ1n) is 3.44. The molecule has 0 aromatic carbocycles. The Morgan fingerprint density at radius 2 is 1.92 bits per heavy atom. The van der Waals surface area contributed by atoms with Crippen LogP contribution in [-0.4, -0.2) is 25.4 Å². The minimum absolute atomic E-state index is 0.968. The molecule has 0 aliphatic rings. The molecule has 0 saturated heterocycles. The van der Waals surface area contributed by atoms with Gasteiger partial charge in [-0.15, -0.1) is 10.2 Å². The lowest BCUT2D eigenvalue weighted by Crippen LogP contribution is -1.78. The molecule has 5 nitrogen and oxygen atoms in total. The number of rotatable bonds is 0. The van der Waals surface area contributed by atoms with Crippen LogP contribution in [0.5, 0.6) is 0 Å². The van der Waals surface area contributed by atoms with Gasteiger partial charge in [0, 0.05) is 12.4 Å². The molecule has 0 aliphatic carbocycles. The van der Waals surface area contributed by atoms with Gasteiger partial charge in [0.2, 0.25) is 0 Å². The van der Waals surface area contributed by atoms with Crippen LogP contribution in [0, 0.1) is 6.92 Å². The van der Waals surface area contributed by atoms with Gasteiger partial charge in [-0.3, -0.25) is 0 Å². The summed E-state index contributed by atoms with van der Waals surface area (Å²) in [5, 5.41) is 10.1. The number of aryl methyl sites for hydroxylation is 1. The highest BCUT2D eigenvalue weighted by molar-refractivity contribution is 4.80. The monoisotopic (exact) mass is 163 g/mol. The average molecular weight is 163 g/mol. The third kappa shape index (κ3) is 3.40. The first-order valence-corrected chi connectivity index (χ1v) is 3.44. The van der Waals surface area contributed by atoms with Gasteiger partial charge in [0.25, 0.3) is 0 Å². The van der Waals surface area contributed by atoms with Crippen molar-refractivity contribution in [3.8, 4) is 0 Å². The van der Waals surface area contributed by atoms with E-state index in [-0.39, 0.29) is 0 Å². The summed E-state index contributed by atoms with van der Waals surface area (Å²) in [6.45, 7) is 1.92. The van der Waals surface area contributed by atoms with Crippen LogP contribution in [0.15, 0.2) is 30.9 Å². The van der Waals surface area contributed by atoms with E-state index >= 15 is 0 Å². The van der Waals surface area contributed by atoms with Gasteiger partial charge in [0.15, 0.2) is 0 Å². The van der Waals surface area contributed by atoms with E-state index in [4.69, 9.17) is 0 Å². The van der Waals surface area contributed by atoms with Crippen molar-refractivity contribution in [2.75, 3.05) is 0 Å². The molecule has 12 heavy (non-hydrogen) atoms. The molecule has 0 spiro atoms. The highest BCUT2D eigenvalue weighted by Gasteiger charge is 1.73. The Hall–Kier alpha value is -1.78. The summed E-state index contributed by atoms with van der Waals surface area (Å²) < 4.78 is 0.